The highest BCUT2D eigenvalue weighted by atomic mass is 32.2. The first kappa shape index (κ1) is 26.1. The molecule has 0 radical (unpaired) electrons. The summed E-state index contributed by atoms with van der Waals surface area (Å²) in [6.07, 6.45) is 2.21. The summed E-state index contributed by atoms with van der Waals surface area (Å²) < 4.78 is 47.8. The number of rotatable bonds is 11. The van der Waals surface area contributed by atoms with Crippen LogP contribution in [0, 0.1) is 12.7 Å². The molecule has 0 fully saturated rings. The van der Waals surface area contributed by atoms with E-state index in [1.165, 1.54) is 23.5 Å². The van der Waals surface area contributed by atoms with E-state index < -0.39 is 21.3 Å². The molecule has 0 spiro atoms. The van der Waals surface area contributed by atoms with Gasteiger partial charge in [0.05, 0.1) is 5.75 Å². The van der Waals surface area contributed by atoms with Gasteiger partial charge in [-0.1, -0.05) is 0 Å². The van der Waals surface area contributed by atoms with E-state index >= 15 is 0 Å². The Labute approximate surface area is 213 Å². The minimum absolute atomic E-state index is 0.0113. The summed E-state index contributed by atoms with van der Waals surface area (Å²) in [5.41, 5.74) is 0.359. The molecule has 192 valence electrons. The van der Waals surface area contributed by atoms with Crippen molar-refractivity contribution in [3.05, 3.63) is 60.0 Å². The lowest BCUT2D eigenvalue weighted by atomic mass is 10.1. The number of nitrogens with one attached hydrogen (secondary N) is 1. The number of hydrogen-bond donors (Lipinski definition) is 2. The first-order chi connectivity index (χ1) is 17.0. The van der Waals surface area contributed by atoms with E-state index in [9.17, 15) is 22.7 Å². The molecule has 0 bridgehead atoms. The zero-order chi connectivity index (χ0) is 26.1. The number of carboxylic acid groups (broad SMARTS) is 1. The molecule has 2 aromatic carbocycles. The zero-order valence-electron chi connectivity index (χ0n) is 20.4. The second kappa shape index (κ2) is 10.2. The average molecular weight is 533 g/mol. The topological polar surface area (TPSA) is 97.6 Å². The van der Waals surface area contributed by atoms with Crippen LogP contribution in [0.3, 0.4) is 0 Å². The van der Waals surface area contributed by atoms with Crippen molar-refractivity contribution < 1.29 is 27.4 Å². The van der Waals surface area contributed by atoms with Crippen molar-refractivity contribution in [2.75, 3.05) is 25.4 Å². The molecule has 0 saturated heterocycles. The average Bonchev–Trinajstić information content (AvgIpc) is 3.40. The number of halogens is 1. The molecule has 2 N–H and O–H groups in total. The molecule has 4 rings (SSSR count). The number of carboxylic acids is 1. The van der Waals surface area contributed by atoms with Crippen LogP contribution in [0.2, 0.25) is 0 Å². The molecule has 0 atom stereocenters. The minimum atomic E-state index is -3.45. The predicted molar refractivity (Wildman–Crippen MR) is 140 cm³/mol. The van der Waals surface area contributed by atoms with E-state index in [2.05, 4.69) is 5.32 Å². The van der Waals surface area contributed by atoms with Gasteiger partial charge in [-0.25, -0.2) is 17.6 Å². The molecule has 0 saturated carbocycles. The number of thiophene rings is 1. The van der Waals surface area contributed by atoms with Crippen LogP contribution in [-0.2, 0) is 20.2 Å². The predicted octanol–water partition coefficient (Wildman–Crippen LogP) is 4.96. The summed E-state index contributed by atoms with van der Waals surface area (Å²) in [5, 5.41) is 14.2. The lowest BCUT2D eigenvalue weighted by molar-refractivity contribution is -0.145. The molecule has 10 heteroatoms. The third-order valence-electron chi connectivity index (χ3n) is 6.24. The first-order valence-electron chi connectivity index (χ1n) is 11.6. The molecule has 4 aromatic rings. The molecule has 0 amide bonds. The number of sulfone groups is 1. The fourth-order valence-corrected chi connectivity index (χ4v) is 7.35. The fourth-order valence-electron chi connectivity index (χ4n) is 4.11. The molecule has 2 heterocycles. The van der Waals surface area contributed by atoms with Crippen LogP contribution < -0.4 is 10.1 Å². The quantitative estimate of drug-likeness (QED) is 0.265. The van der Waals surface area contributed by atoms with Gasteiger partial charge >= 0.3 is 5.97 Å². The van der Waals surface area contributed by atoms with E-state index in [4.69, 9.17) is 4.74 Å². The van der Waals surface area contributed by atoms with E-state index in [0.29, 0.717) is 47.0 Å². The van der Waals surface area contributed by atoms with Gasteiger partial charge in [-0.3, -0.25) is 0 Å². The zero-order valence-corrected chi connectivity index (χ0v) is 22.0. The number of fused-ring (bicyclic) bond motifs is 2. The van der Waals surface area contributed by atoms with Crippen LogP contribution in [0.5, 0.6) is 5.75 Å². The molecule has 0 aliphatic rings. The second-order valence-corrected chi connectivity index (χ2v) is 12.6. The van der Waals surface area contributed by atoms with Crippen LogP contribution in [0.25, 0.3) is 21.0 Å². The van der Waals surface area contributed by atoms with Gasteiger partial charge in [0.25, 0.3) is 0 Å². The van der Waals surface area contributed by atoms with Crippen molar-refractivity contribution in [1.29, 1.82) is 0 Å². The minimum Gasteiger partial charge on any atom is -0.492 e. The second-order valence-electron chi connectivity index (χ2n) is 9.20. The highest BCUT2D eigenvalue weighted by Gasteiger charge is 2.30. The van der Waals surface area contributed by atoms with E-state index in [1.54, 1.807) is 37.6 Å². The normalized spacial score (nSPS) is 12.4. The van der Waals surface area contributed by atoms with E-state index in [0.717, 1.165) is 15.6 Å². The molecule has 0 aliphatic heterocycles. The highest BCUT2D eigenvalue weighted by Crippen LogP contribution is 2.35. The third-order valence-corrected chi connectivity index (χ3v) is 10.0. The lowest BCUT2D eigenvalue weighted by Gasteiger charge is -2.23. The van der Waals surface area contributed by atoms with Crippen LogP contribution in [0.15, 0.2) is 52.9 Å². The van der Waals surface area contributed by atoms with Gasteiger partial charge in [0.1, 0.15) is 27.9 Å². The maximum Gasteiger partial charge on any atom is 0.329 e. The summed E-state index contributed by atoms with van der Waals surface area (Å²) in [4.78, 5) is 11.6. The number of ether oxygens (including phenoxy) is 1. The van der Waals surface area contributed by atoms with Crippen LogP contribution >= 0.6 is 11.3 Å². The Morgan fingerprint density at radius 2 is 1.94 bits per heavy atom. The summed E-state index contributed by atoms with van der Waals surface area (Å²) >= 11 is 1.19. The van der Waals surface area contributed by atoms with Gasteiger partial charge in [-0.15, -0.1) is 11.3 Å². The van der Waals surface area contributed by atoms with Gasteiger partial charge in [0, 0.05) is 28.3 Å². The summed E-state index contributed by atoms with van der Waals surface area (Å²) in [5.74, 6) is -0.598. The Morgan fingerprint density at radius 1 is 1.17 bits per heavy atom. The van der Waals surface area contributed by atoms with Crippen LogP contribution in [-0.4, -0.2) is 49.5 Å². The highest BCUT2D eigenvalue weighted by molar-refractivity contribution is 7.93. The van der Waals surface area contributed by atoms with Crippen molar-refractivity contribution in [2.24, 2.45) is 0 Å². The number of aryl methyl sites for hydroxylation is 1. The number of benzene rings is 2. The first-order valence-corrected chi connectivity index (χ1v) is 14.1. The number of carbonyl (C=O) groups is 1. The Kier molecular flexibility index (Phi) is 7.40. The lowest BCUT2D eigenvalue weighted by Crippen LogP contribution is -2.34. The van der Waals surface area contributed by atoms with Crippen LogP contribution in [0.4, 0.5) is 4.39 Å². The molecule has 36 heavy (non-hydrogen) atoms. The monoisotopic (exact) mass is 532 g/mol. The number of hydrogen-bond acceptors (Lipinski definition) is 6. The third kappa shape index (κ3) is 5.25. The summed E-state index contributed by atoms with van der Waals surface area (Å²) in [7, 11) is -3.45. The summed E-state index contributed by atoms with van der Waals surface area (Å²) in [6.45, 7) is 6.50. The number of aromatic nitrogens is 1. The molecule has 7 nitrogen and oxygen atoms in total. The Hall–Kier alpha value is -2.95. The van der Waals surface area contributed by atoms with Gasteiger partial charge < -0.3 is 19.7 Å². The van der Waals surface area contributed by atoms with Crippen molar-refractivity contribution in [3.63, 3.8) is 0 Å². The molecular formula is C26H29FN2O5S2. The smallest absolute Gasteiger partial charge is 0.329 e. The Balaban J connectivity index is 1.25. The Morgan fingerprint density at radius 3 is 2.69 bits per heavy atom. The fraction of sp³-hybridized carbons (Fsp3) is 0.346. The number of nitrogens with zero attached hydrogens (tertiary/aromatic N) is 1. The Bertz CT molecular complexity index is 1520. The van der Waals surface area contributed by atoms with Crippen molar-refractivity contribution in [3.8, 4) is 5.75 Å². The molecule has 2 aromatic heterocycles. The molecular weight excluding hydrogens is 503 g/mol. The standard InChI is InChI=1S/C26H29FN2O5S2/c1-17-21-16-19(27)5-8-23(21)35-24(17)36(32,33)14-4-10-28-11-13-34-20-6-7-22-18(15-20)9-12-29(22)26(2,3)25(30)31/h5-9,12,15-16,28H,4,10-11,13-14H2,1-3H3,(H,30,31). The van der Waals surface area contributed by atoms with Crippen molar-refractivity contribution in [2.45, 2.75) is 36.9 Å². The van der Waals surface area contributed by atoms with Crippen molar-refractivity contribution >= 4 is 48.1 Å². The van der Waals surface area contributed by atoms with Gasteiger partial charge in [0.15, 0.2) is 9.84 Å². The van der Waals surface area contributed by atoms with Crippen molar-refractivity contribution in [1.82, 2.24) is 9.88 Å². The van der Waals surface area contributed by atoms with Crippen LogP contribution in [0.1, 0.15) is 25.8 Å². The van der Waals surface area contributed by atoms with Gasteiger partial charge in [-0.2, -0.15) is 0 Å². The van der Waals surface area contributed by atoms with E-state index in [1.807, 2.05) is 24.3 Å². The largest absolute Gasteiger partial charge is 0.492 e. The number of aliphatic carboxylic acids is 1. The maximum absolute atomic E-state index is 13.5. The maximum atomic E-state index is 13.5. The van der Waals surface area contributed by atoms with E-state index in [-0.39, 0.29) is 11.6 Å². The summed E-state index contributed by atoms with van der Waals surface area (Å²) in [6, 6.07) is 11.7. The molecule has 0 unspecified atom stereocenters. The van der Waals surface area contributed by atoms with Gasteiger partial charge in [-0.05, 0) is 87.2 Å². The van der Waals surface area contributed by atoms with Gasteiger partial charge in [0.2, 0.25) is 0 Å². The molecule has 0 aliphatic carbocycles. The SMILES string of the molecule is Cc1c(S(=O)(=O)CCCNCCOc2ccc3c(ccn3C(C)(C)C(=O)O)c2)sc2ccc(F)cc12.